The van der Waals surface area contributed by atoms with Crippen LogP contribution in [0.3, 0.4) is 0 Å². The summed E-state index contributed by atoms with van der Waals surface area (Å²) in [5.74, 6) is 2.52. The fraction of sp³-hybridized carbons (Fsp3) is 0.163. The van der Waals surface area contributed by atoms with Gasteiger partial charge >= 0.3 is 0 Å². The monoisotopic (exact) mass is 1820 g/mol. The maximum atomic E-state index is 5.89. The van der Waals surface area contributed by atoms with Gasteiger partial charge in [0.15, 0.2) is 0 Å². The van der Waals surface area contributed by atoms with Crippen molar-refractivity contribution in [1.82, 2.24) is 19.9 Å². The molecule has 0 amide bonds. The fourth-order valence-corrected chi connectivity index (χ4v) is 17.2. The van der Waals surface area contributed by atoms with Gasteiger partial charge in [-0.3, -0.25) is 0 Å². The number of aryl methyl sites for hydroxylation is 12. The molecule has 18 aromatic rings. The molecule has 0 bridgehead atoms. The van der Waals surface area contributed by atoms with Crippen molar-refractivity contribution < 1.29 is 18.2 Å². The molecule has 8 heterocycles. The summed E-state index contributed by atoms with van der Waals surface area (Å²) in [5, 5.41) is 15.6. The summed E-state index contributed by atoms with van der Waals surface area (Å²) in [6.45, 7) is 24.7. The number of nitrogens with one attached hydrogen (secondary N) is 3. The number of furan rings is 1. The zero-order chi connectivity index (χ0) is 81.0. The Morgan fingerprint density at radius 3 is 1.61 bits per heavy atom. The highest BCUT2D eigenvalue weighted by molar-refractivity contribution is 9.10. The molecule has 7 nitrogen and oxygen atoms in total. The molecule has 0 aliphatic heterocycles. The normalized spacial score (nSPS) is 10.4. The van der Waals surface area contributed by atoms with Gasteiger partial charge in [-0.15, -0.1) is 45.3 Å². The minimum atomic E-state index is 0. The van der Waals surface area contributed by atoms with Crippen molar-refractivity contribution in [2.24, 2.45) is 0 Å². The number of aromatic nitrogens is 4. The molecular formula is C92H92BrCl9N4O3S4. The molecule has 0 aliphatic rings. The molecule has 0 atom stereocenters. The smallest absolute Gasteiger partial charge is 0.137 e. The molecule has 8 aromatic heterocycles. The van der Waals surface area contributed by atoms with E-state index in [2.05, 4.69) is 156 Å². The Morgan fingerprint density at radius 2 is 0.956 bits per heavy atom. The SMILES string of the molecule is C.COc1ccc(C)cc1Cl.COc1ccc2sc(C)nc2c1.Cc1[nH]c2cc(Cl)ccc2c1C.Cc1cc2cc(Cl)ccc2[nH]1.Cc1cc2ccc(Cl)cc2[nH]1.Cc1cc2ccc(Cl)cc2o1.Cc1ccc(-c2ccc(Cl)s2)s1.Cc1ccc(Cl)c(Cl)c1.Cc1ccc2cc(Br)ccc2c1.Cc1sc2cc(Cl)ccc2c1C.[HH].[HH].[HH]. The lowest BCUT2D eigenvalue weighted by molar-refractivity contribution is 0.415. The van der Waals surface area contributed by atoms with E-state index < -0.39 is 0 Å². The van der Waals surface area contributed by atoms with Crippen LogP contribution in [0.2, 0.25) is 44.5 Å². The average Bonchev–Trinajstić information content (AvgIpc) is 1.63. The summed E-state index contributed by atoms with van der Waals surface area (Å²) in [6.07, 6.45) is 0. The van der Waals surface area contributed by atoms with Gasteiger partial charge in [0.25, 0.3) is 0 Å². The van der Waals surface area contributed by atoms with Crippen LogP contribution in [-0.4, -0.2) is 34.2 Å². The van der Waals surface area contributed by atoms with Crippen LogP contribution in [0.5, 0.6) is 11.5 Å². The summed E-state index contributed by atoms with van der Waals surface area (Å²) in [4.78, 5) is 19.4. The highest BCUT2D eigenvalue weighted by Gasteiger charge is 2.09. The summed E-state index contributed by atoms with van der Waals surface area (Å²) < 4.78 is 19.9. The third kappa shape index (κ3) is 27.3. The van der Waals surface area contributed by atoms with E-state index >= 15 is 0 Å². The van der Waals surface area contributed by atoms with Crippen LogP contribution in [0.25, 0.3) is 84.5 Å². The van der Waals surface area contributed by atoms with Crippen LogP contribution in [0.15, 0.2) is 233 Å². The lowest BCUT2D eigenvalue weighted by Gasteiger charge is -2.01. The predicted molar refractivity (Wildman–Crippen MR) is 513 cm³/mol. The largest absolute Gasteiger partial charge is 0.497 e. The van der Waals surface area contributed by atoms with Crippen LogP contribution in [-0.2, 0) is 0 Å². The number of methoxy groups -OCH3 is 2. The first kappa shape index (κ1) is 91.1. The van der Waals surface area contributed by atoms with Gasteiger partial charge in [-0.1, -0.05) is 188 Å². The van der Waals surface area contributed by atoms with Gasteiger partial charge in [0.2, 0.25) is 0 Å². The van der Waals surface area contributed by atoms with Crippen molar-refractivity contribution in [3.8, 4) is 21.3 Å². The summed E-state index contributed by atoms with van der Waals surface area (Å²) in [5.41, 5.74) is 15.1. The van der Waals surface area contributed by atoms with Crippen LogP contribution in [0.1, 0.15) is 77.1 Å². The van der Waals surface area contributed by atoms with Gasteiger partial charge in [-0.05, 0) is 291 Å². The maximum absolute atomic E-state index is 5.89. The Labute approximate surface area is 736 Å². The maximum Gasteiger partial charge on any atom is 0.137 e. The molecule has 0 spiro atoms. The van der Waals surface area contributed by atoms with Crippen molar-refractivity contribution >= 4 is 240 Å². The molecule has 10 aromatic carbocycles. The lowest BCUT2D eigenvalue weighted by atomic mass is 10.1. The van der Waals surface area contributed by atoms with Crippen LogP contribution in [0, 0.1) is 83.1 Å². The molecule has 0 radical (unpaired) electrons. The second kappa shape index (κ2) is 43.5. The number of halogens is 10. The first-order chi connectivity index (χ1) is 53.4. The van der Waals surface area contributed by atoms with Gasteiger partial charge in [0.1, 0.15) is 22.8 Å². The van der Waals surface area contributed by atoms with E-state index in [1.165, 1.54) is 95.0 Å². The molecule has 0 saturated carbocycles. The number of rotatable bonds is 3. The van der Waals surface area contributed by atoms with E-state index in [1.807, 2.05) is 192 Å². The molecule has 0 fully saturated rings. The third-order valence-electron chi connectivity index (χ3n) is 17.0. The second-order valence-corrected chi connectivity index (χ2v) is 35.8. The summed E-state index contributed by atoms with van der Waals surface area (Å²) >= 11 is 62.5. The second-order valence-electron chi connectivity index (χ2n) is 26.0. The number of fused-ring (bicyclic) bond motifs is 7. The Balaban J connectivity index is 0.000000229. The first-order valence-electron chi connectivity index (χ1n) is 35.0. The van der Waals surface area contributed by atoms with Gasteiger partial charge in [-0.25, -0.2) is 4.98 Å². The van der Waals surface area contributed by atoms with Crippen LogP contribution < -0.4 is 9.47 Å². The molecule has 0 aliphatic carbocycles. The first-order valence-corrected chi connectivity index (χ1v) is 42.5. The van der Waals surface area contributed by atoms with E-state index in [9.17, 15) is 0 Å². The van der Waals surface area contributed by atoms with E-state index in [0.29, 0.717) is 20.1 Å². The number of nitrogens with zero attached hydrogens (tertiary/aromatic N) is 1. The van der Waals surface area contributed by atoms with E-state index in [4.69, 9.17) is 118 Å². The van der Waals surface area contributed by atoms with Gasteiger partial charge in [0, 0.05) is 114 Å². The number of hydrogen-bond acceptors (Lipinski definition) is 8. The summed E-state index contributed by atoms with van der Waals surface area (Å²) in [7, 11) is 3.27. The van der Waals surface area contributed by atoms with Crippen molar-refractivity contribution in [2.45, 2.75) is 90.5 Å². The van der Waals surface area contributed by atoms with Crippen molar-refractivity contribution in [3.05, 3.63) is 339 Å². The number of benzene rings is 10. The lowest BCUT2D eigenvalue weighted by Crippen LogP contribution is -1.83. The molecule has 21 heteroatoms. The van der Waals surface area contributed by atoms with E-state index in [-0.39, 0.29) is 11.7 Å². The zero-order valence-electron chi connectivity index (χ0n) is 63.9. The minimum Gasteiger partial charge on any atom is -0.497 e. The third-order valence-corrected chi connectivity index (χ3v) is 24.3. The van der Waals surface area contributed by atoms with Crippen LogP contribution >= 0.6 is 166 Å². The number of ether oxygens (including phenoxy) is 2. The Kier molecular flexibility index (Phi) is 35.1. The van der Waals surface area contributed by atoms with E-state index in [1.54, 1.807) is 54.3 Å². The standard InChI is InChI=1S/C11H9Br.C10H10ClN.C10H9ClS.2C9H8ClN.C9H7ClO.C9H7ClS2.C9H9NOS.C8H9ClO.C7H6Cl2.CH4.3H2/c1-8-2-3-10-7-11(12)5-4-9(10)6-8;2*1-6-7(2)12-10-5-8(11)3-4-9(6)10;1-6-4-7-5-8(10)2-3-9(7)11-6;2*1-6-4-7-2-3-8(10)5-9(7)11-6;1-6-2-3-7(11-6)8-4-5-9(10)12-8;1-6-10-8-5-7(11-2)3-4-9(8)12-6;1-6-3-4-8(10-2)7(9)5-6;1-5-2-3-6(8)7(9)4-5;;;;/h2-7H,1H3;3-5,12H,1-2H3;3-5H,1-2H3;2*2-5,11H,1H3;2-5H,1H3;2-5H,1H3;3-5H,1-2H3;3-5H,1-2H3;2-4H,1H3;1H4;3*1H. The number of thiazole rings is 1. The molecule has 3 N–H and O–H groups in total. The highest BCUT2D eigenvalue weighted by atomic mass is 79.9. The summed E-state index contributed by atoms with van der Waals surface area (Å²) in [6, 6.07) is 73.8. The fourth-order valence-electron chi connectivity index (χ4n) is 11.3. The average molecular weight is 1830 g/mol. The Hall–Kier alpha value is -7.44. The molecule has 18 rings (SSSR count). The minimum absolute atomic E-state index is 0. The molecule has 592 valence electrons. The van der Waals surface area contributed by atoms with E-state index in [0.717, 1.165) is 95.3 Å². The zero-order valence-corrected chi connectivity index (χ0v) is 75.6. The Bertz CT molecular complexity index is 5840. The topological polar surface area (TPSA) is 91.9 Å². The quantitative estimate of drug-likeness (QED) is 0.164. The number of thiophene rings is 3. The van der Waals surface area contributed by atoms with Gasteiger partial charge in [0.05, 0.1) is 48.8 Å². The molecule has 0 saturated heterocycles. The van der Waals surface area contributed by atoms with Crippen molar-refractivity contribution in [2.75, 3.05) is 14.2 Å². The highest BCUT2D eigenvalue weighted by Crippen LogP contribution is 2.37. The molecular weight excluding hydrogens is 1740 g/mol. The number of hydrogen-bond donors (Lipinski definition) is 3. The van der Waals surface area contributed by atoms with Gasteiger partial charge < -0.3 is 28.8 Å². The van der Waals surface area contributed by atoms with Crippen molar-refractivity contribution in [1.29, 1.82) is 0 Å². The van der Waals surface area contributed by atoms with Crippen molar-refractivity contribution in [3.63, 3.8) is 0 Å². The van der Waals surface area contributed by atoms with Crippen LogP contribution in [0.4, 0.5) is 0 Å². The molecule has 0 unspecified atom stereocenters. The molecule has 113 heavy (non-hydrogen) atoms. The van der Waals surface area contributed by atoms with Gasteiger partial charge in [-0.2, -0.15) is 0 Å². The predicted octanol–water partition coefficient (Wildman–Crippen LogP) is 35.6. The number of aromatic amines is 3. The number of H-pyrrole nitrogens is 3. The Morgan fingerprint density at radius 1 is 0.389 bits per heavy atom.